The Bertz CT molecular complexity index is 432. The van der Waals surface area contributed by atoms with Crippen LogP contribution < -0.4 is 5.32 Å². The first-order chi connectivity index (χ1) is 12.4. The third kappa shape index (κ3) is 10.7. The second-order valence-corrected chi connectivity index (χ2v) is 7.19. The molecule has 7 nitrogen and oxygen atoms in total. The zero-order valence-corrected chi connectivity index (χ0v) is 17.1. The number of carbonyl (C=O) groups is 3. The zero-order valence-electron chi connectivity index (χ0n) is 16.3. The second kappa shape index (κ2) is 14.8. The third-order valence-electron chi connectivity index (χ3n) is 3.73. The molecule has 0 fully saturated rings. The molecular weight excluding hydrogens is 358 g/mol. The summed E-state index contributed by atoms with van der Waals surface area (Å²) < 4.78 is 10.1. The first kappa shape index (κ1) is 24.7. The number of thioether (sulfide) groups is 1. The lowest BCUT2D eigenvalue weighted by molar-refractivity contribution is -0.146. The maximum atomic E-state index is 12.2. The van der Waals surface area contributed by atoms with Crippen molar-refractivity contribution in [3.63, 3.8) is 0 Å². The van der Waals surface area contributed by atoms with Crippen molar-refractivity contribution in [2.75, 3.05) is 19.0 Å². The molecule has 0 rings (SSSR count). The molecule has 3 atom stereocenters. The lowest BCUT2D eigenvalue weighted by atomic mass is 10.1. The van der Waals surface area contributed by atoms with Crippen LogP contribution in [0.15, 0.2) is 0 Å². The van der Waals surface area contributed by atoms with Crippen molar-refractivity contribution in [3.05, 3.63) is 0 Å². The first-order valence-corrected chi connectivity index (χ1v) is 10.4. The molecule has 0 aromatic carbocycles. The molecule has 0 aliphatic rings. The minimum absolute atomic E-state index is 0.210. The van der Waals surface area contributed by atoms with Gasteiger partial charge in [0.15, 0.2) is 0 Å². The Morgan fingerprint density at radius 1 is 1.00 bits per heavy atom. The van der Waals surface area contributed by atoms with Gasteiger partial charge in [0, 0.05) is 5.75 Å². The van der Waals surface area contributed by atoms with E-state index in [0.29, 0.717) is 13.0 Å². The van der Waals surface area contributed by atoms with Crippen LogP contribution in [-0.2, 0) is 23.9 Å². The Hall–Kier alpha value is -1.28. The number of nitrogens with one attached hydrogen (secondary N) is 1. The molecule has 0 bridgehead atoms. The van der Waals surface area contributed by atoms with Crippen molar-refractivity contribution >= 4 is 29.7 Å². The van der Waals surface area contributed by atoms with E-state index in [9.17, 15) is 14.4 Å². The van der Waals surface area contributed by atoms with Gasteiger partial charge in [-0.1, -0.05) is 32.6 Å². The van der Waals surface area contributed by atoms with Gasteiger partial charge in [0.2, 0.25) is 0 Å². The van der Waals surface area contributed by atoms with Crippen molar-refractivity contribution in [2.45, 2.75) is 77.1 Å². The Balaban J connectivity index is 4.84. The van der Waals surface area contributed by atoms with Crippen molar-refractivity contribution in [1.29, 1.82) is 0 Å². The molecule has 2 N–H and O–H groups in total. The van der Waals surface area contributed by atoms with E-state index in [2.05, 4.69) is 12.2 Å². The van der Waals surface area contributed by atoms with E-state index in [0.717, 1.165) is 25.7 Å². The lowest BCUT2D eigenvalue weighted by Crippen LogP contribution is -2.48. The normalized spacial score (nSPS) is 14.3. The largest absolute Gasteiger partial charge is 0.480 e. The van der Waals surface area contributed by atoms with E-state index in [1.165, 1.54) is 18.7 Å². The molecule has 0 aliphatic carbocycles. The number of carboxylic acid groups (broad SMARTS) is 1. The molecule has 8 heteroatoms. The molecule has 0 heterocycles. The Labute approximate surface area is 160 Å². The summed E-state index contributed by atoms with van der Waals surface area (Å²) in [5.74, 6) is -1.61. The standard InChI is InChI=1S/C18H33NO6S/c1-5-8-9-10-11-15(18(23)25-7-3)26-12-14(17(22)24-6-2)19-13(4)16(20)21/h13-15,19H,5-12H2,1-4H3,(H,20,21)/t13-,14-,15+/m0/s1. The summed E-state index contributed by atoms with van der Waals surface area (Å²) in [7, 11) is 0. The number of hydrogen-bond acceptors (Lipinski definition) is 7. The van der Waals surface area contributed by atoms with Crippen LogP contribution >= 0.6 is 11.8 Å². The van der Waals surface area contributed by atoms with Crippen molar-refractivity contribution in [1.82, 2.24) is 5.32 Å². The smallest absolute Gasteiger partial charge is 0.324 e. The maximum Gasteiger partial charge on any atom is 0.324 e. The van der Waals surface area contributed by atoms with E-state index in [4.69, 9.17) is 14.6 Å². The number of hydrogen-bond donors (Lipinski definition) is 2. The van der Waals surface area contributed by atoms with Gasteiger partial charge in [-0.05, 0) is 27.2 Å². The molecule has 0 saturated heterocycles. The second-order valence-electron chi connectivity index (χ2n) is 5.95. The lowest BCUT2D eigenvalue weighted by Gasteiger charge is -2.22. The van der Waals surface area contributed by atoms with Crippen LogP contribution in [0.1, 0.15) is 59.8 Å². The first-order valence-electron chi connectivity index (χ1n) is 9.30. The highest BCUT2D eigenvalue weighted by Crippen LogP contribution is 2.21. The number of carbonyl (C=O) groups excluding carboxylic acids is 2. The highest BCUT2D eigenvalue weighted by Gasteiger charge is 2.28. The summed E-state index contributed by atoms with van der Waals surface area (Å²) in [5.41, 5.74) is 0. The van der Waals surface area contributed by atoms with Crippen LogP contribution in [0.4, 0.5) is 0 Å². The predicted octanol–water partition coefficient (Wildman–Crippen LogP) is 2.62. The van der Waals surface area contributed by atoms with E-state index >= 15 is 0 Å². The Kier molecular flexibility index (Phi) is 14.1. The van der Waals surface area contributed by atoms with Gasteiger partial charge in [-0.25, -0.2) is 0 Å². The van der Waals surface area contributed by atoms with Gasteiger partial charge in [0.25, 0.3) is 0 Å². The van der Waals surface area contributed by atoms with Gasteiger partial charge >= 0.3 is 17.9 Å². The number of aliphatic carboxylic acids is 1. The summed E-state index contributed by atoms with van der Waals surface area (Å²) in [5, 5.41) is 11.4. The minimum atomic E-state index is -1.05. The highest BCUT2D eigenvalue weighted by molar-refractivity contribution is 8.00. The van der Waals surface area contributed by atoms with Crippen molar-refractivity contribution in [2.24, 2.45) is 0 Å². The van der Waals surface area contributed by atoms with Crippen LogP contribution in [0.3, 0.4) is 0 Å². The summed E-state index contributed by atoms with van der Waals surface area (Å²) in [4.78, 5) is 35.3. The van der Waals surface area contributed by atoms with Crippen LogP contribution in [0.2, 0.25) is 0 Å². The number of ether oxygens (including phenoxy) is 2. The molecule has 0 unspecified atom stereocenters. The van der Waals surface area contributed by atoms with E-state index in [1.807, 2.05) is 0 Å². The summed E-state index contributed by atoms with van der Waals surface area (Å²) in [6, 6.07) is -1.69. The Morgan fingerprint density at radius 2 is 1.62 bits per heavy atom. The molecule has 0 aromatic heterocycles. The van der Waals surface area contributed by atoms with Crippen molar-refractivity contribution in [3.8, 4) is 0 Å². The fourth-order valence-electron chi connectivity index (χ4n) is 2.27. The predicted molar refractivity (Wildman–Crippen MR) is 102 cm³/mol. The number of unbranched alkanes of at least 4 members (excludes halogenated alkanes) is 3. The van der Waals surface area contributed by atoms with Gasteiger partial charge in [-0.15, -0.1) is 11.8 Å². The molecule has 0 amide bonds. The topological polar surface area (TPSA) is 102 Å². The maximum absolute atomic E-state index is 12.2. The van der Waals surface area contributed by atoms with Crippen molar-refractivity contribution < 1.29 is 29.0 Å². The van der Waals surface area contributed by atoms with Gasteiger partial charge in [-0.2, -0.15) is 0 Å². The molecule has 0 aliphatic heterocycles. The fourth-order valence-corrected chi connectivity index (χ4v) is 3.47. The SMILES string of the molecule is CCCCCC[C@@H](SC[C@H](N[C@@H](C)C(=O)O)C(=O)OCC)C(=O)OCC. The fraction of sp³-hybridized carbons (Fsp3) is 0.833. The molecule has 0 radical (unpaired) electrons. The van der Waals surface area contributed by atoms with Crippen LogP contribution in [0.25, 0.3) is 0 Å². The Morgan fingerprint density at radius 3 is 2.15 bits per heavy atom. The van der Waals surface area contributed by atoms with E-state index in [-0.39, 0.29) is 23.6 Å². The molecule has 152 valence electrons. The summed E-state index contributed by atoms with van der Waals surface area (Å²) in [6.45, 7) is 7.55. The average molecular weight is 392 g/mol. The van der Waals surface area contributed by atoms with Gasteiger partial charge in [0.1, 0.15) is 17.3 Å². The quantitative estimate of drug-likeness (QED) is 0.324. The summed E-state index contributed by atoms with van der Waals surface area (Å²) >= 11 is 1.31. The van der Waals surface area contributed by atoms with Crippen LogP contribution in [0.5, 0.6) is 0 Å². The molecule has 0 saturated carbocycles. The molecular formula is C18H33NO6S. The summed E-state index contributed by atoms with van der Waals surface area (Å²) in [6.07, 6.45) is 4.85. The van der Waals surface area contributed by atoms with Crippen LogP contribution in [0, 0.1) is 0 Å². The van der Waals surface area contributed by atoms with Gasteiger partial charge < -0.3 is 14.6 Å². The number of rotatable bonds is 15. The molecule has 26 heavy (non-hydrogen) atoms. The number of esters is 2. The van der Waals surface area contributed by atoms with Gasteiger partial charge in [-0.3, -0.25) is 19.7 Å². The average Bonchev–Trinajstić information content (AvgIpc) is 2.59. The van der Waals surface area contributed by atoms with E-state index in [1.54, 1.807) is 13.8 Å². The van der Waals surface area contributed by atoms with E-state index < -0.39 is 24.0 Å². The van der Waals surface area contributed by atoms with Crippen LogP contribution in [-0.4, -0.2) is 59.3 Å². The van der Waals surface area contributed by atoms with Gasteiger partial charge in [0.05, 0.1) is 13.2 Å². The molecule has 0 aromatic rings. The monoisotopic (exact) mass is 391 g/mol. The third-order valence-corrected chi connectivity index (χ3v) is 5.08. The minimum Gasteiger partial charge on any atom is -0.480 e. The number of carboxylic acids is 1. The highest BCUT2D eigenvalue weighted by atomic mass is 32.2. The molecule has 0 spiro atoms. The zero-order chi connectivity index (χ0) is 19.9.